The van der Waals surface area contributed by atoms with Crippen molar-refractivity contribution < 1.29 is 8.42 Å². The molecule has 2 rings (SSSR count). The smallest absolute Gasteiger partial charge is 0.150 e. The van der Waals surface area contributed by atoms with Crippen LogP contribution >= 0.6 is 0 Å². The van der Waals surface area contributed by atoms with Gasteiger partial charge in [-0.2, -0.15) is 0 Å². The van der Waals surface area contributed by atoms with Crippen LogP contribution in [0.4, 0.5) is 0 Å². The molecule has 0 bridgehead atoms. The summed E-state index contributed by atoms with van der Waals surface area (Å²) in [7, 11) is -2.79. The molecule has 1 heterocycles. The second kappa shape index (κ2) is 3.48. The molecule has 1 aliphatic heterocycles. The average molecular weight is 226 g/mol. The van der Waals surface area contributed by atoms with Gasteiger partial charge in [-0.25, -0.2) is 8.42 Å². The molecule has 0 amide bonds. The van der Waals surface area contributed by atoms with E-state index in [1.807, 2.05) is 12.2 Å². The lowest BCUT2D eigenvalue weighted by Gasteiger charge is -2.27. The van der Waals surface area contributed by atoms with Gasteiger partial charge in [0.1, 0.15) is 0 Å². The van der Waals surface area contributed by atoms with E-state index < -0.39 is 9.84 Å². The standard InChI is InChI=1S/C12H18O2S/c1-3-10-7-11(4-2)12(8-10)5-6-15(13,14)9-12/h3-4,10-11H,1-2,5-9H2. The Kier molecular flexibility index (Phi) is 2.53. The van der Waals surface area contributed by atoms with Gasteiger partial charge in [-0.3, -0.25) is 0 Å². The Balaban J connectivity index is 2.28. The summed E-state index contributed by atoms with van der Waals surface area (Å²) in [4.78, 5) is 0. The van der Waals surface area contributed by atoms with Gasteiger partial charge in [-0.05, 0) is 36.5 Å². The Morgan fingerprint density at radius 3 is 2.47 bits per heavy atom. The lowest BCUT2D eigenvalue weighted by Crippen LogP contribution is -2.25. The van der Waals surface area contributed by atoms with Gasteiger partial charge in [0.2, 0.25) is 0 Å². The fraction of sp³-hybridized carbons (Fsp3) is 0.667. The SMILES string of the molecule is C=CC1CC(C=C)C2(CCS(=O)(=O)C2)C1. The van der Waals surface area contributed by atoms with Gasteiger partial charge in [-0.15, -0.1) is 13.2 Å². The van der Waals surface area contributed by atoms with Gasteiger partial charge >= 0.3 is 0 Å². The monoisotopic (exact) mass is 226 g/mol. The summed E-state index contributed by atoms with van der Waals surface area (Å²) in [6, 6.07) is 0. The van der Waals surface area contributed by atoms with E-state index in [4.69, 9.17) is 0 Å². The average Bonchev–Trinajstić information content (AvgIpc) is 2.68. The lowest BCUT2D eigenvalue weighted by atomic mass is 9.77. The molecule has 0 N–H and O–H groups in total. The first-order valence-electron chi connectivity index (χ1n) is 5.47. The fourth-order valence-corrected chi connectivity index (χ4v) is 5.47. The van der Waals surface area contributed by atoms with Crippen LogP contribution in [0, 0.1) is 17.3 Å². The molecular formula is C12H18O2S. The quantitative estimate of drug-likeness (QED) is 0.676. The largest absolute Gasteiger partial charge is 0.229 e. The highest BCUT2D eigenvalue weighted by atomic mass is 32.2. The third-order valence-corrected chi connectivity index (χ3v) is 5.89. The second-order valence-corrected chi connectivity index (χ2v) is 7.17. The van der Waals surface area contributed by atoms with Crippen molar-refractivity contribution in [3.8, 4) is 0 Å². The Morgan fingerprint density at radius 2 is 2.00 bits per heavy atom. The van der Waals surface area contributed by atoms with Crippen molar-refractivity contribution in [1.82, 2.24) is 0 Å². The molecule has 84 valence electrons. The Bertz CT molecular complexity index is 382. The molecule has 2 fully saturated rings. The number of hydrogen-bond acceptors (Lipinski definition) is 2. The summed E-state index contributed by atoms with van der Waals surface area (Å²) >= 11 is 0. The predicted molar refractivity (Wildman–Crippen MR) is 62.3 cm³/mol. The number of sulfone groups is 1. The van der Waals surface area contributed by atoms with E-state index in [9.17, 15) is 8.42 Å². The molecule has 3 atom stereocenters. The van der Waals surface area contributed by atoms with Crippen LogP contribution in [-0.4, -0.2) is 19.9 Å². The molecule has 2 nitrogen and oxygen atoms in total. The minimum atomic E-state index is -2.79. The second-order valence-electron chi connectivity index (χ2n) is 4.98. The zero-order valence-corrected chi connectivity index (χ0v) is 9.80. The molecule has 3 heteroatoms. The van der Waals surface area contributed by atoms with Crippen molar-refractivity contribution in [3.05, 3.63) is 25.3 Å². The van der Waals surface area contributed by atoms with Crippen LogP contribution in [-0.2, 0) is 9.84 Å². The zero-order valence-electron chi connectivity index (χ0n) is 8.98. The minimum Gasteiger partial charge on any atom is -0.229 e. The first-order chi connectivity index (χ1) is 7.01. The Hall–Kier alpha value is -0.570. The van der Waals surface area contributed by atoms with Gasteiger partial charge in [0.05, 0.1) is 11.5 Å². The Morgan fingerprint density at radius 1 is 1.27 bits per heavy atom. The normalized spacial score (nSPS) is 43.2. The van der Waals surface area contributed by atoms with Crippen molar-refractivity contribution in [1.29, 1.82) is 0 Å². The van der Waals surface area contributed by atoms with Crippen molar-refractivity contribution in [2.75, 3.05) is 11.5 Å². The molecule has 15 heavy (non-hydrogen) atoms. The first-order valence-corrected chi connectivity index (χ1v) is 7.29. The van der Waals surface area contributed by atoms with E-state index >= 15 is 0 Å². The van der Waals surface area contributed by atoms with Crippen LogP contribution in [0.5, 0.6) is 0 Å². The maximum absolute atomic E-state index is 11.6. The highest BCUT2D eigenvalue weighted by molar-refractivity contribution is 7.91. The van der Waals surface area contributed by atoms with Crippen molar-refractivity contribution >= 4 is 9.84 Å². The van der Waals surface area contributed by atoms with Gasteiger partial charge in [0.25, 0.3) is 0 Å². The van der Waals surface area contributed by atoms with Crippen LogP contribution in [0.15, 0.2) is 25.3 Å². The number of rotatable bonds is 2. The predicted octanol–water partition coefficient (Wildman–Crippen LogP) is 2.19. The summed E-state index contributed by atoms with van der Waals surface area (Å²) in [6.45, 7) is 7.67. The molecule has 0 aromatic carbocycles. The van der Waals surface area contributed by atoms with E-state index in [0.29, 0.717) is 23.3 Å². The van der Waals surface area contributed by atoms with Gasteiger partial charge < -0.3 is 0 Å². The molecule has 3 unspecified atom stereocenters. The minimum absolute atomic E-state index is 0.0144. The van der Waals surface area contributed by atoms with Gasteiger partial charge in [0.15, 0.2) is 9.84 Å². The maximum Gasteiger partial charge on any atom is 0.150 e. The van der Waals surface area contributed by atoms with Crippen LogP contribution in [0.3, 0.4) is 0 Å². The maximum atomic E-state index is 11.6. The fourth-order valence-electron chi connectivity index (χ4n) is 3.25. The van der Waals surface area contributed by atoms with Gasteiger partial charge in [0, 0.05) is 0 Å². The van der Waals surface area contributed by atoms with Crippen LogP contribution in [0.1, 0.15) is 19.3 Å². The van der Waals surface area contributed by atoms with Crippen LogP contribution in [0.2, 0.25) is 0 Å². The Labute approximate surface area is 92.0 Å². The molecule has 1 aliphatic carbocycles. The van der Waals surface area contributed by atoms with E-state index in [0.717, 1.165) is 19.3 Å². The summed E-state index contributed by atoms with van der Waals surface area (Å²) in [5, 5.41) is 0. The highest BCUT2D eigenvalue weighted by Crippen LogP contribution is 2.53. The third-order valence-electron chi connectivity index (χ3n) is 4.05. The molecular weight excluding hydrogens is 208 g/mol. The van der Waals surface area contributed by atoms with Crippen molar-refractivity contribution in [2.24, 2.45) is 17.3 Å². The summed E-state index contributed by atoms with van der Waals surface area (Å²) in [5.74, 6) is 1.56. The summed E-state index contributed by atoms with van der Waals surface area (Å²) in [6.07, 6.45) is 6.74. The topological polar surface area (TPSA) is 34.1 Å². The molecule has 1 saturated carbocycles. The molecule has 0 radical (unpaired) electrons. The van der Waals surface area contributed by atoms with Crippen molar-refractivity contribution in [3.63, 3.8) is 0 Å². The molecule has 1 saturated heterocycles. The molecule has 2 aliphatic rings. The van der Waals surface area contributed by atoms with E-state index in [1.165, 1.54) is 0 Å². The van der Waals surface area contributed by atoms with Crippen LogP contribution < -0.4 is 0 Å². The molecule has 0 aromatic heterocycles. The van der Waals surface area contributed by atoms with Gasteiger partial charge in [-0.1, -0.05) is 12.2 Å². The van der Waals surface area contributed by atoms with E-state index in [-0.39, 0.29) is 5.41 Å². The van der Waals surface area contributed by atoms with Crippen molar-refractivity contribution in [2.45, 2.75) is 19.3 Å². The lowest BCUT2D eigenvalue weighted by molar-refractivity contribution is 0.280. The first kappa shape index (κ1) is 10.9. The third kappa shape index (κ3) is 1.78. The summed E-state index contributed by atoms with van der Waals surface area (Å²) < 4.78 is 23.2. The van der Waals surface area contributed by atoms with E-state index in [1.54, 1.807) is 0 Å². The zero-order chi connectivity index (χ0) is 11.1. The number of allylic oxidation sites excluding steroid dienone is 2. The highest BCUT2D eigenvalue weighted by Gasteiger charge is 2.51. The summed E-state index contributed by atoms with van der Waals surface area (Å²) in [5.41, 5.74) is -0.0144. The number of hydrogen-bond donors (Lipinski definition) is 0. The molecule has 1 spiro atoms. The van der Waals surface area contributed by atoms with E-state index in [2.05, 4.69) is 13.2 Å². The van der Waals surface area contributed by atoms with Crippen LogP contribution in [0.25, 0.3) is 0 Å². The molecule has 0 aromatic rings.